The summed E-state index contributed by atoms with van der Waals surface area (Å²) in [4.78, 5) is 3.93. The van der Waals surface area contributed by atoms with Gasteiger partial charge in [0.05, 0.1) is 13.2 Å². The molecule has 1 heterocycles. The van der Waals surface area contributed by atoms with E-state index in [1.54, 1.807) is 24.4 Å². The van der Waals surface area contributed by atoms with Gasteiger partial charge in [-0.2, -0.15) is 5.10 Å². The molecule has 0 spiro atoms. The Hall–Kier alpha value is -1.88. The van der Waals surface area contributed by atoms with Crippen LogP contribution in [-0.2, 0) is 11.3 Å². The lowest BCUT2D eigenvalue weighted by Gasteiger charge is -2.14. The standard InChI is InChI=1S/C13H18N4O/c1-11(8-18-2)16-13-5-3-4-12(6-13)7-17-10-14-9-15-17/h3-6,9-11,16H,7-8H2,1-2H3. The molecule has 0 amide bonds. The Kier molecular flexibility index (Phi) is 4.30. The highest BCUT2D eigenvalue weighted by Crippen LogP contribution is 2.12. The minimum atomic E-state index is 0.289. The van der Waals surface area contributed by atoms with Crippen molar-refractivity contribution in [2.75, 3.05) is 19.0 Å². The maximum Gasteiger partial charge on any atom is 0.137 e. The van der Waals surface area contributed by atoms with Gasteiger partial charge in [-0.25, -0.2) is 9.67 Å². The molecule has 0 saturated heterocycles. The molecule has 1 aromatic heterocycles. The summed E-state index contributed by atoms with van der Waals surface area (Å²) in [7, 11) is 1.71. The summed E-state index contributed by atoms with van der Waals surface area (Å²) in [5.74, 6) is 0. The molecule has 1 aromatic carbocycles. The molecule has 5 heteroatoms. The van der Waals surface area contributed by atoms with Crippen molar-refractivity contribution in [3.8, 4) is 0 Å². The van der Waals surface area contributed by atoms with Gasteiger partial charge in [0.2, 0.25) is 0 Å². The van der Waals surface area contributed by atoms with Gasteiger partial charge in [0.1, 0.15) is 12.7 Å². The van der Waals surface area contributed by atoms with Crippen LogP contribution in [0.25, 0.3) is 0 Å². The normalized spacial score (nSPS) is 12.3. The molecule has 1 unspecified atom stereocenters. The van der Waals surface area contributed by atoms with E-state index in [2.05, 4.69) is 40.5 Å². The molecule has 2 aromatic rings. The lowest BCUT2D eigenvalue weighted by atomic mass is 10.2. The minimum absolute atomic E-state index is 0.289. The second-order valence-electron chi connectivity index (χ2n) is 4.29. The van der Waals surface area contributed by atoms with Gasteiger partial charge in [-0.15, -0.1) is 0 Å². The van der Waals surface area contributed by atoms with Gasteiger partial charge in [-0.05, 0) is 24.6 Å². The molecule has 0 aliphatic carbocycles. The van der Waals surface area contributed by atoms with Crippen LogP contribution >= 0.6 is 0 Å². The number of anilines is 1. The number of nitrogens with one attached hydrogen (secondary N) is 1. The van der Waals surface area contributed by atoms with Gasteiger partial charge < -0.3 is 10.1 Å². The average molecular weight is 246 g/mol. The van der Waals surface area contributed by atoms with Crippen molar-refractivity contribution in [2.45, 2.75) is 19.5 Å². The Morgan fingerprint density at radius 1 is 1.44 bits per heavy atom. The average Bonchev–Trinajstić information content (AvgIpc) is 2.82. The number of methoxy groups -OCH3 is 1. The van der Waals surface area contributed by atoms with E-state index in [1.807, 2.05) is 6.07 Å². The van der Waals surface area contributed by atoms with E-state index < -0.39 is 0 Å². The number of nitrogens with zero attached hydrogens (tertiary/aromatic N) is 3. The Morgan fingerprint density at radius 2 is 2.33 bits per heavy atom. The van der Waals surface area contributed by atoms with E-state index in [0.29, 0.717) is 6.61 Å². The third kappa shape index (κ3) is 3.56. The lowest BCUT2D eigenvalue weighted by Crippen LogP contribution is -2.20. The van der Waals surface area contributed by atoms with Crippen LogP contribution in [0.2, 0.25) is 0 Å². The molecule has 18 heavy (non-hydrogen) atoms. The third-order valence-corrected chi connectivity index (χ3v) is 2.57. The largest absolute Gasteiger partial charge is 0.383 e. The molecular formula is C13H18N4O. The van der Waals surface area contributed by atoms with E-state index in [4.69, 9.17) is 4.74 Å². The van der Waals surface area contributed by atoms with Crippen molar-refractivity contribution in [3.05, 3.63) is 42.5 Å². The minimum Gasteiger partial charge on any atom is -0.383 e. The molecular weight excluding hydrogens is 228 g/mol. The van der Waals surface area contributed by atoms with E-state index >= 15 is 0 Å². The van der Waals surface area contributed by atoms with Crippen LogP contribution in [0.4, 0.5) is 5.69 Å². The predicted octanol–water partition coefficient (Wildman–Crippen LogP) is 1.77. The zero-order chi connectivity index (χ0) is 12.8. The number of rotatable bonds is 6. The summed E-state index contributed by atoms with van der Waals surface area (Å²) in [5, 5.41) is 7.49. The van der Waals surface area contributed by atoms with Gasteiger partial charge in [0.15, 0.2) is 0 Å². The van der Waals surface area contributed by atoms with Crippen LogP contribution in [-0.4, -0.2) is 34.5 Å². The Labute approximate surface area is 107 Å². The monoisotopic (exact) mass is 246 g/mol. The van der Waals surface area contributed by atoms with Crippen LogP contribution in [0, 0.1) is 0 Å². The van der Waals surface area contributed by atoms with E-state index in [0.717, 1.165) is 12.2 Å². The molecule has 96 valence electrons. The maximum atomic E-state index is 5.11. The Morgan fingerprint density at radius 3 is 3.06 bits per heavy atom. The molecule has 1 atom stereocenters. The van der Waals surface area contributed by atoms with Crippen molar-refractivity contribution < 1.29 is 4.74 Å². The molecule has 0 aliphatic heterocycles. The number of hydrogen-bond acceptors (Lipinski definition) is 4. The fourth-order valence-electron chi connectivity index (χ4n) is 1.84. The summed E-state index contributed by atoms with van der Waals surface area (Å²) in [5.41, 5.74) is 2.28. The first-order chi connectivity index (χ1) is 8.78. The molecule has 0 radical (unpaired) electrons. The number of hydrogen-bond donors (Lipinski definition) is 1. The van der Waals surface area contributed by atoms with Gasteiger partial charge in [0, 0.05) is 18.8 Å². The zero-order valence-corrected chi connectivity index (χ0v) is 10.7. The van der Waals surface area contributed by atoms with Crippen molar-refractivity contribution in [3.63, 3.8) is 0 Å². The highest BCUT2D eigenvalue weighted by atomic mass is 16.5. The highest BCUT2D eigenvalue weighted by molar-refractivity contribution is 5.46. The first-order valence-corrected chi connectivity index (χ1v) is 5.95. The summed E-state index contributed by atoms with van der Waals surface area (Å²) < 4.78 is 6.91. The molecule has 0 saturated carbocycles. The molecule has 5 nitrogen and oxygen atoms in total. The number of benzene rings is 1. The topological polar surface area (TPSA) is 52.0 Å². The summed E-state index contributed by atoms with van der Waals surface area (Å²) in [6.45, 7) is 3.51. The van der Waals surface area contributed by atoms with E-state index in [9.17, 15) is 0 Å². The smallest absolute Gasteiger partial charge is 0.137 e. The van der Waals surface area contributed by atoms with Crippen LogP contribution in [0.3, 0.4) is 0 Å². The predicted molar refractivity (Wildman–Crippen MR) is 70.5 cm³/mol. The fourth-order valence-corrected chi connectivity index (χ4v) is 1.84. The molecule has 0 aliphatic rings. The summed E-state index contributed by atoms with van der Waals surface area (Å²) in [6, 6.07) is 8.57. The number of aromatic nitrogens is 3. The van der Waals surface area contributed by atoms with Crippen molar-refractivity contribution in [1.82, 2.24) is 14.8 Å². The quantitative estimate of drug-likeness (QED) is 0.844. The van der Waals surface area contributed by atoms with Crippen molar-refractivity contribution in [1.29, 1.82) is 0 Å². The fraction of sp³-hybridized carbons (Fsp3) is 0.385. The van der Waals surface area contributed by atoms with Crippen LogP contribution in [0.1, 0.15) is 12.5 Å². The second kappa shape index (κ2) is 6.16. The van der Waals surface area contributed by atoms with Crippen molar-refractivity contribution in [2.24, 2.45) is 0 Å². The highest BCUT2D eigenvalue weighted by Gasteiger charge is 2.02. The molecule has 2 rings (SSSR count). The van der Waals surface area contributed by atoms with Crippen molar-refractivity contribution >= 4 is 5.69 Å². The number of ether oxygens (including phenoxy) is 1. The first kappa shape index (κ1) is 12.6. The summed E-state index contributed by atoms with van der Waals surface area (Å²) in [6.07, 6.45) is 3.26. The van der Waals surface area contributed by atoms with Gasteiger partial charge in [-0.3, -0.25) is 0 Å². The van der Waals surface area contributed by atoms with Gasteiger partial charge in [0.25, 0.3) is 0 Å². The molecule has 0 fully saturated rings. The zero-order valence-electron chi connectivity index (χ0n) is 10.7. The SMILES string of the molecule is COCC(C)Nc1cccc(Cn2cncn2)c1. The second-order valence-corrected chi connectivity index (χ2v) is 4.29. The Balaban J connectivity index is 2.01. The van der Waals surface area contributed by atoms with E-state index in [-0.39, 0.29) is 6.04 Å². The summed E-state index contributed by atoms with van der Waals surface area (Å²) >= 11 is 0. The third-order valence-electron chi connectivity index (χ3n) is 2.57. The van der Waals surface area contributed by atoms with Gasteiger partial charge in [-0.1, -0.05) is 12.1 Å². The molecule has 0 bridgehead atoms. The van der Waals surface area contributed by atoms with Crippen LogP contribution in [0.15, 0.2) is 36.9 Å². The maximum absolute atomic E-state index is 5.11. The van der Waals surface area contributed by atoms with Crippen LogP contribution < -0.4 is 5.32 Å². The first-order valence-electron chi connectivity index (χ1n) is 5.95. The lowest BCUT2D eigenvalue weighted by molar-refractivity contribution is 0.190. The van der Waals surface area contributed by atoms with Crippen LogP contribution in [0.5, 0.6) is 0 Å². The Bertz CT molecular complexity index is 470. The molecule has 1 N–H and O–H groups in total. The van der Waals surface area contributed by atoms with E-state index in [1.165, 1.54) is 5.56 Å². The van der Waals surface area contributed by atoms with Gasteiger partial charge >= 0.3 is 0 Å².